The summed E-state index contributed by atoms with van der Waals surface area (Å²) in [5.41, 5.74) is 2.17. The summed E-state index contributed by atoms with van der Waals surface area (Å²) in [6, 6.07) is 4.71. The molecule has 0 aliphatic carbocycles. The minimum absolute atomic E-state index is 0. The Kier molecular flexibility index (Phi) is 7.05. The van der Waals surface area contributed by atoms with E-state index in [1.165, 1.54) is 11.8 Å². The molecule has 0 unspecified atom stereocenters. The fourth-order valence-electron chi connectivity index (χ4n) is 2.27. The zero-order valence-electron chi connectivity index (χ0n) is 14.1. The summed E-state index contributed by atoms with van der Waals surface area (Å²) in [6.45, 7) is 12.0. The third kappa shape index (κ3) is 5.16. The molecule has 0 atom stereocenters. The van der Waals surface area contributed by atoms with Crippen LogP contribution in [0.4, 0.5) is 15.2 Å². The van der Waals surface area contributed by atoms with Crippen LogP contribution >= 0.6 is 22.9 Å². The third-order valence-electron chi connectivity index (χ3n) is 3.31. The van der Waals surface area contributed by atoms with Gasteiger partial charge in [0.25, 0.3) is 0 Å². The van der Waals surface area contributed by atoms with Crippen LogP contribution in [0.2, 0.25) is 5.02 Å². The van der Waals surface area contributed by atoms with Crippen LogP contribution < -0.4 is 26.9 Å². The van der Waals surface area contributed by atoms with E-state index in [9.17, 15) is 4.39 Å². The monoisotopic (exact) mass is 420 g/mol. The Morgan fingerprint density at radius 3 is 2.48 bits per heavy atom. The average molecular weight is 422 g/mol. The van der Waals surface area contributed by atoms with Crippen LogP contribution in [-0.4, -0.2) is 0 Å². The van der Waals surface area contributed by atoms with Gasteiger partial charge < -0.3 is 17.0 Å². The number of hydrogen-bond acceptors (Lipinski definition) is 2. The molecule has 2 nitrogen and oxygen atoms in total. The molecule has 1 N–H and O–H groups in total. The molecule has 1 aromatic heterocycles. The zero-order chi connectivity index (χ0) is 16.5. The number of benzene rings is 1. The van der Waals surface area contributed by atoms with Crippen molar-refractivity contribution in [2.45, 2.75) is 46.6 Å². The van der Waals surface area contributed by atoms with Crippen molar-refractivity contribution in [3.8, 4) is 0 Å². The molecule has 0 spiro atoms. The van der Waals surface area contributed by atoms with Crippen molar-refractivity contribution in [2.24, 2.45) is 5.92 Å². The predicted molar refractivity (Wildman–Crippen MR) is 92.7 cm³/mol. The molecule has 0 fully saturated rings. The Balaban J connectivity index is 0.00000264. The SMILES string of the molecule is CC(C)C[n+]1c(C(C)(C)C)csc1Nc1ccc(F)c(Cl)c1.[Br-]. The predicted octanol–water partition coefficient (Wildman–Crippen LogP) is 2.53. The van der Waals surface area contributed by atoms with Crippen molar-refractivity contribution in [3.05, 3.63) is 40.1 Å². The maximum Gasteiger partial charge on any atom is 0.339 e. The van der Waals surface area contributed by atoms with Crippen LogP contribution in [0, 0.1) is 11.7 Å². The first-order valence-corrected chi connectivity index (χ1v) is 8.68. The number of hydrogen-bond donors (Lipinski definition) is 1. The van der Waals surface area contributed by atoms with E-state index in [1.807, 2.05) is 0 Å². The van der Waals surface area contributed by atoms with Crippen LogP contribution in [-0.2, 0) is 12.0 Å². The highest BCUT2D eigenvalue weighted by Gasteiger charge is 2.27. The van der Waals surface area contributed by atoms with Crippen molar-refractivity contribution in [2.75, 3.05) is 5.32 Å². The number of rotatable bonds is 4. The van der Waals surface area contributed by atoms with Crippen molar-refractivity contribution < 1.29 is 25.9 Å². The number of halogens is 3. The van der Waals surface area contributed by atoms with E-state index in [4.69, 9.17) is 11.6 Å². The van der Waals surface area contributed by atoms with Crippen LogP contribution in [0.25, 0.3) is 0 Å². The highest BCUT2D eigenvalue weighted by molar-refractivity contribution is 7.13. The van der Waals surface area contributed by atoms with E-state index in [0.717, 1.165) is 17.4 Å². The first kappa shape index (κ1) is 20.4. The van der Waals surface area contributed by atoms with Crippen molar-refractivity contribution in [3.63, 3.8) is 0 Å². The van der Waals surface area contributed by atoms with Crippen molar-refractivity contribution >= 4 is 33.8 Å². The molecule has 0 radical (unpaired) electrons. The Morgan fingerprint density at radius 1 is 1.30 bits per heavy atom. The lowest BCUT2D eigenvalue weighted by atomic mass is 9.92. The molecule has 2 rings (SSSR count). The molecule has 23 heavy (non-hydrogen) atoms. The molecule has 1 aromatic carbocycles. The quantitative estimate of drug-likeness (QED) is 0.750. The second kappa shape index (κ2) is 7.95. The molecule has 0 bridgehead atoms. The normalized spacial score (nSPS) is 11.5. The largest absolute Gasteiger partial charge is 1.00 e. The average Bonchev–Trinajstić information content (AvgIpc) is 2.76. The van der Waals surface area contributed by atoms with Gasteiger partial charge in [0.1, 0.15) is 17.2 Å². The lowest BCUT2D eigenvalue weighted by molar-refractivity contribution is -0.694. The molecule has 2 aromatic rings. The standard InChI is InChI=1S/C17H22ClFN2S.BrH/c1-11(2)9-21-15(17(3,4)5)10-22-16(21)20-12-6-7-14(19)13(18)8-12;/h6-8,10-11H,9H2,1-5H3;1H. The minimum atomic E-state index is -0.399. The maximum atomic E-state index is 13.3. The van der Waals surface area contributed by atoms with Gasteiger partial charge in [-0.05, 0) is 18.1 Å². The molecule has 0 aliphatic rings. The Labute approximate surface area is 157 Å². The van der Waals surface area contributed by atoms with Gasteiger partial charge in [0.05, 0.1) is 11.6 Å². The summed E-state index contributed by atoms with van der Waals surface area (Å²) in [6.07, 6.45) is 0. The minimum Gasteiger partial charge on any atom is -1.00 e. The van der Waals surface area contributed by atoms with Gasteiger partial charge in [-0.2, -0.15) is 0 Å². The topological polar surface area (TPSA) is 15.9 Å². The summed E-state index contributed by atoms with van der Waals surface area (Å²) < 4.78 is 15.6. The molecule has 0 amide bonds. The summed E-state index contributed by atoms with van der Waals surface area (Å²) in [4.78, 5) is 0. The number of anilines is 2. The van der Waals surface area contributed by atoms with E-state index in [0.29, 0.717) is 5.92 Å². The van der Waals surface area contributed by atoms with Gasteiger partial charge in [-0.25, -0.2) is 14.3 Å². The van der Waals surface area contributed by atoms with E-state index >= 15 is 0 Å². The van der Waals surface area contributed by atoms with Crippen LogP contribution in [0.3, 0.4) is 0 Å². The van der Waals surface area contributed by atoms with Gasteiger partial charge in [-0.1, -0.05) is 57.6 Å². The van der Waals surface area contributed by atoms with E-state index in [2.05, 4.69) is 49.9 Å². The summed E-state index contributed by atoms with van der Waals surface area (Å²) in [5, 5.41) is 6.73. The second-order valence-corrected chi connectivity index (χ2v) is 8.20. The lowest BCUT2D eigenvalue weighted by Gasteiger charge is -2.18. The lowest BCUT2D eigenvalue weighted by Crippen LogP contribution is -3.00. The van der Waals surface area contributed by atoms with E-state index in [1.54, 1.807) is 23.5 Å². The number of thiazole rings is 1. The zero-order valence-corrected chi connectivity index (χ0v) is 17.2. The van der Waals surface area contributed by atoms with Crippen LogP contribution in [0.5, 0.6) is 0 Å². The Morgan fingerprint density at radius 2 is 1.96 bits per heavy atom. The molecule has 0 saturated heterocycles. The number of aromatic nitrogens is 1. The van der Waals surface area contributed by atoms with Gasteiger partial charge >= 0.3 is 5.13 Å². The molecule has 1 heterocycles. The molecule has 6 heteroatoms. The van der Waals surface area contributed by atoms with Gasteiger partial charge in [-0.3, -0.25) is 0 Å². The maximum absolute atomic E-state index is 13.3. The first-order chi connectivity index (χ1) is 10.2. The summed E-state index contributed by atoms with van der Waals surface area (Å²) >= 11 is 7.53. The second-order valence-electron chi connectivity index (χ2n) is 6.93. The molecule has 0 saturated carbocycles. The van der Waals surface area contributed by atoms with Gasteiger partial charge in [0, 0.05) is 16.9 Å². The van der Waals surface area contributed by atoms with Gasteiger partial charge in [0.2, 0.25) is 0 Å². The molecular weight excluding hydrogens is 399 g/mol. The Hall–Kier alpha value is -0.650. The first-order valence-electron chi connectivity index (χ1n) is 7.42. The smallest absolute Gasteiger partial charge is 0.339 e. The van der Waals surface area contributed by atoms with Crippen molar-refractivity contribution in [1.82, 2.24) is 0 Å². The number of nitrogens with one attached hydrogen (secondary N) is 1. The van der Waals surface area contributed by atoms with Crippen molar-refractivity contribution in [1.29, 1.82) is 0 Å². The van der Waals surface area contributed by atoms with Gasteiger partial charge in [0.15, 0.2) is 0 Å². The van der Waals surface area contributed by atoms with Gasteiger partial charge in [-0.15, -0.1) is 0 Å². The molecule has 0 aliphatic heterocycles. The summed E-state index contributed by atoms with van der Waals surface area (Å²) in [7, 11) is 0. The third-order valence-corrected chi connectivity index (χ3v) is 4.48. The fraction of sp³-hybridized carbons (Fsp3) is 0.471. The highest BCUT2D eigenvalue weighted by atomic mass is 79.9. The molecular formula is C17H23BrClFN2S. The fourth-order valence-corrected chi connectivity index (χ4v) is 3.63. The number of nitrogens with zero attached hydrogens (tertiary/aromatic N) is 1. The van der Waals surface area contributed by atoms with E-state index in [-0.39, 0.29) is 27.4 Å². The Bertz CT molecular complexity index is 665. The van der Waals surface area contributed by atoms with Crippen LogP contribution in [0.1, 0.15) is 40.3 Å². The molecule has 128 valence electrons. The summed E-state index contributed by atoms with van der Waals surface area (Å²) in [5.74, 6) is 0.141. The van der Waals surface area contributed by atoms with E-state index < -0.39 is 5.82 Å². The highest BCUT2D eigenvalue weighted by Crippen LogP contribution is 2.28. The van der Waals surface area contributed by atoms with Crippen LogP contribution in [0.15, 0.2) is 23.6 Å².